The molecule has 1 aliphatic heterocycles. The number of aliphatic hydroxyl groups excluding tert-OH is 1. The number of hydrogen-bond donors (Lipinski definition) is 2. The highest BCUT2D eigenvalue weighted by Crippen LogP contribution is 2.37. The summed E-state index contributed by atoms with van der Waals surface area (Å²) in [4.78, 5) is 14.8. The van der Waals surface area contributed by atoms with Crippen molar-refractivity contribution in [3.05, 3.63) is 0 Å². The van der Waals surface area contributed by atoms with Crippen molar-refractivity contribution in [1.29, 1.82) is 0 Å². The van der Waals surface area contributed by atoms with Crippen molar-refractivity contribution in [1.82, 2.24) is 10.2 Å². The molecule has 4 heteroatoms. The summed E-state index contributed by atoms with van der Waals surface area (Å²) in [7, 11) is 1.88. The maximum Gasteiger partial charge on any atom is 0.230 e. The second-order valence-corrected chi connectivity index (χ2v) is 6.57. The van der Waals surface area contributed by atoms with Crippen LogP contribution < -0.4 is 5.32 Å². The van der Waals surface area contributed by atoms with E-state index < -0.39 is 0 Å². The topological polar surface area (TPSA) is 52.6 Å². The minimum absolute atomic E-state index is 0.0116. The fraction of sp³-hybridized carbons (Fsp3) is 0.933. The highest BCUT2D eigenvalue weighted by atomic mass is 16.3. The summed E-state index contributed by atoms with van der Waals surface area (Å²) in [6.45, 7) is 5.97. The van der Waals surface area contributed by atoms with Crippen molar-refractivity contribution in [2.24, 2.45) is 11.3 Å². The molecular weight excluding hydrogens is 240 g/mol. The Labute approximate surface area is 116 Å². The van der Waals surface area contributed by atoms with Gasteiger partial charge in [0.25, 0.3) is 0 Å². The Balaban J connectivity index is 2.12. The zero-order valence-electron chi connectivity index (χ0n) is 12.5. The summed E-state index contributed by atoms with van der Waals surface area (Å²) in [6.07, 6.45) is 4.53. The molecular formula is C15H28N2O2. The average molecular weight is 268 g/mol. The Hall–Kier alpha value is -0.610. The number of likely N-dealkylation sites (N-methyl/N-ethyl adjacent to an activating group) is 1. The van der Waals surface area contributed by atoms with Crippen LogP contribution in [0.25, 0.3) is 0 Å². The molecule has 0 aromatic heterocycles. The van der Waals surface area contributed by atoms with Crippen molar-refractivity contribution in [2.45, 2.75) is 58.1 Å². The maximum absolute atomic E-state index is 12.9. The largest absolute Gasteiger partial charge is 0.391 e. The molecule has 1 amide bonds. The lowest BCUT2D eigenvalue weighted by Gasteiger charge is -2.41. The van der Waals surface area contributed by atoms with Gasteiger partial charge in [0.2, 0.25) is 5.91 Å². The van der Waals surface area contributed by atoms with E-state index in [1.54, 1.807) is 0 Å². The predicted octanol–water partition coefficient (Wildman–Crippen LogP) is 1.38. The Bertz CT molecular complexity index is 324. The van der Waals surface area contributed by atoms with E-state index in [0.717, 1.165) is 45.2 Å². The number of nitrogens with one attached hydrogen (secondary N) is 1. The summed E-state index contributed by atoms with van der Waals surface area (Å²) in [6, 6.07) is 0.0116. The molecule has 0 spiro atoms. The van der Waals surface area contributed by atoms with E-state index in [4.69, 9.17) is 0 Å². The third-order valence-electron chi connectivity index (χ3n) is 5.23. The molecule has 3 atom stereocenters. The van der Waals surface area contributed by atoms with Gasteiger partial charge >= 0.3 is 0 Å². The number of rotatable bonds is 3. The van der Waals surface area contributed by atoms with Gasteiger partial charge in [-0.15, -0.1) is 0 Å². The van der Waals surface area contributed by atoms with Gasteiger partial charge in [0, 0.05) is 13.6 Å². The quantitative estimate of drug-likeness (QED) is 0.813. The van der Waals surface area contributed by atoms with Crippen LogP contribution in [0.2, 0.25) is 0 Å². The van der Waals surface area contributed by atoms with Crippen molar-refractivity contribution in [3.63, 3.8) is 0 Å². The van der Waals surface area contributed by atoms with Gasteiger partial charge in [0.1, 0.15) is 0 Å². The first-order chi connectivity index (χ1) is 8.99. The van der Waals surface area contributed by atoms with Crippen LogP contribution in [0.5, 0.6) is 0 Å². The van der Waals surface area contributed by atoms with Gasteiger partial charge in [-0.3, -0.25) is 4.79 Å². The first-order valence-corrected chi connectivity index (χ1v) is 7.65. The fourth-order valence-electron chi connectivity index (χ4n) is 3.68. The smallest absolute Gasteiger partial charge is 0.230 e. The van der Waals surface area contributed by atoms with Gasteiger partial charge in [0.05, 0.1) is 17.6 Å². The van der Waals surface area contributed by atoms with E-state index in [9.17, 15) is 9.90 Å². The Morgan fingerprint density at radius 3 is 2.58 bits per heavy atom. The second kappa shape index (κ2) is 5.80. The number of carbonyl (C=O) groups excluding carboxylic acids is 1. The highest BCUT2D eigenvalue weighted by molar-refractivity contribution is 5.84. The van der Waals surface area contributed by atoms with Gasteiger partial charge in [-0.1, -0.05) is 26.7 Å². The molecule has 0 bridgehead atoms. The first-order valence-electron chi connectivity index (χ1n) is 7.65. The van der Waals surface area contributed by atoms with Crippen LogP contribution in [-0.4, -0.2) is 48.2 Å². The van der Waals surface area contributed by atoms with Crippen molar-refractivity contribution < 1.29 is 9.90 Å². The Kier molecular flexibility index (Phi) is 4.51. The zero-order valence-corrected chi connectivity index (χ0v) is 12.5. The molecule has 1 heterocycles. The molecule has 19 heavy (non-hydrogen) atoms. The van der Waals surface area contributed by atoms with Crippen molar-refractivity contribution in [3.8, 4) is 0 Å². The lowest BCUT2D eigenvalue weighted by Crippen LogP contribution is -2.54. The SMILES string of the molecule is CC(C)C1(C(=O)N(C)C2CCCCC2O)CCNC1. The molecule has 1 saturated carbocycles. The molecule has 110 valence electrons. The molecule has 2 fully saturated rings. The minimum Gasteiger partial charge on any atom is -0.391 e. The van der Waals surface area contributed by atoms with Crippen LogP contribution in [-0.2, 0) is 4.79 Å². The number of carbonyl (C=O) groups is 1. The lowest BCUT2D eigenvalue weighted by molar-refractivity contribution is -0.148. The molecule has 0 aromatic carbocycles. The summed E-state index contributed by atoms with van der Waals surface area (Å²) in [5.74, 6) is 0.552. The van der Waals surface area contributed by atoms with E-state index in [0.29, 0.717) is 5.92 Å². The first kappa shape index (κ1) is 14.8. The summed E-state index contributed by atoms with van der Waals surface area (Å²) in [5, 5.41) is 13.5. The molecule has 1 saturated heterocycles. The van der Waals surface area contributed by atoms with Crippen LogP contribution in [0, 0.1) is 11.3 Å². The molecule has 2 aliphatic rings. The second-order valence-electron chi connectivity index (χ2n) is 6.57. The van der Waals surface area contributed by atoms with Crippen molar-refractivity contribution in [2.75, 3.05) is 20.1 Å². The monoisotopic (exact) mass is 268 g/mol. The van der Waals surface area contributed by atoms with Gasteiger partial charge in [-0.05, 0) is 31.7 Å². The molecule has 0 radical (unpaired) electrons. The third-order valence-corrected chi connectivity index (χ3v) is 5.23. The summed E-state index contributed by atoms with van der Waals surface area (Å²) in [5.41, 5.74) is -0.272. The van der Waals surface area contributed by atoms with Crippen LogP contribution in [0.3, 0.4) is 0 Å². The molecule has 0 aromatic rings. The number of nitrogens with zero attached hydrogens (tertiary/aromatic N) is 1. The van der Waals surface area contributed by atoms with Gasteiger partial charge in [-0.25, -0.2) is 0 Å². The van der Waals surface area contributed by atoms with Gasteiger partial charge < -0.3 is 15.3 Å². The van der Waals surface area contributed by atoms with Crippen LogP contribution in [0.15, 0.2) is 0 Å². The van der Waals surface area contributed by atoms with Crippen molar-refractivity contribution >= 4 is 5.91 Å². The summed E-state index contributed by atoms with van der Waals surface area (Å²) >= 11 is 0. The Morgan fingerprint density at radius 2 is 2.05 bits per heavy atom. The van der Waals surface area contributed by atoms with Crippen LogP contribution in [0.4, 0.5) is 0 Å². The molecule has 2 rings (SSSR count). The molecule has 3 unspecified atom stereocenters. The third kappa shape index (κ3) is 2.65. The molecule has 1 aliphatic carbocycles. The number of hydrogen-bond acceptors (Lipinski definition) is 3. The molecule has 2 N–H and O–H groups in total. The van der Waals surface area contributed by atoms with E-state index in [-0.39, 0.29) is 23.5 Å². The van der Waals surface area contributed by atoms with Crippen LogP contribution >= 0.6 is 0 Å². The molecule has 4 nitrogen and oxygen atoms in total. The van der Waals surface area contributed by atoms with E-state index >= 15 is 0 Å². The van der Waals surface area contributed by atoms with Gasteiger partial charge in [0.15, 0.2) is 0 Å². The van der Waals surface area contributed by atoms with E-state index in [1.807, 2.05) is 11.9 Å². The number of aliphatic hydroxyl groups is 1. The maximum atomic E-state index is 12.9. The summed E-state index contributed by atoms with van der Waals surface area (Å²) < 4.78 is 0. The lowest BCUT2D eigenvalue weighted by atomic mass is 9.74. The zero-order chi connectivity index (χ0) is 14.0. The minimum atomic E-state index is -0.346. The van der Waals surface area contributed by atoms with E-state index in [1.165, 1.54) is 0 Å². The van der Waals surface area contributed by atoms with E-state index in [2.05, 4.69) is 19.2 Å². The number of amides is 1. The highest BCUT2D eigenvalue weighted by Gasteiger charge is 2.47. The predicted molar refractivity (Wildman–Crippen MR) is 75.8 cm³/mol. The standard InChI is InChI=1S/C15H28N2O2/c1-11(2)15(8-9-16-10-15)14(19)17(3)12-6-4-5-7-13(12)18/h11-13,16,18H,4-10H2,1-3H3. The average Bonchev–Trinajstić information content (AvgIpc) is 2.88. The van der Waals surface area contributed by atoms with Gasteiger partial charge in [-0.2, -0.15) is 0 Å². The fourth-order valence-corrected chi connectivity index (χ4v) is 3.68. The van der Waals surface area contributed by atoms with Crippen LogP contribution in [0.1, 0.15) is 46.0 Å². The normalized spacial score (nSPS) is 35.6. The Morgan fingerprint density at radius 1 is 1.37 bits per heavy atom.